The van der Waals surface area contributed by atoms with E-state index in [1.165, 1.54) is 37.1 Å². The van der Waals surface area contributed by atoms with Crippen LogP contribution in [0.2, 0.25) is 0 Å². The SMILES string of the molecule is COCc1ccccc1C(CN)N1CCN(C2CC2)CC1. The lowest BCUT2D eigenvalue weighted by atomic mass is 9.98. The van der Waals surface area contributed by atoms with Gasteiger partial charge < -0.3 is 10.5 Å². The van der Waals surface area contributed by atoms with Crippen LogP contribution in [0.15, 0.2) is 24.3 Å². The molecule has 0 amide bonds. The zero-order valence-corrected chi connectivity index (χ0v) is 13.0. The molecule has 2 aliphatic rings. The molecule has 4 heteroatoms. The van der Waals surface area contributed by atoms with E-state index in [0.717, 1.165) is 19.1 Å². The van der Waals surface area contributed by atoms with Gasteiger partial charge in [0.25, 0.3) is 0 Å². The number of ether oxygens (including phenoxy) is 1. The zero-order valence-electron chi connectivity index (χ0n) is 13.0. The fourth-order valence-electron chi connectivity index (χ4n) is 3.47. The summed E-state index contributed by atoms with van der Waals surface area (Å²) >= 11 is 0. The maximum Gasteiger partial charge on any atom is 0.0716 e. The number of hydrogen-bond donors (Lipinski definition) is 1. The average Bonchev–Trinajstić information content (AvgIpc) is 3.35. The van der Waals surface area contributed by atoms with E-state index in [1.807, 2.05) is 0 Å². The number of piperazine rings is 1. The third-order valence-corrected chi connectivity index (χ3v) is 4.79. The van der Waals surface area contributed by atoms with E-state index in [9.17, 15) is 0 Å². The zero-order chi connectivity index (χ0) is 14.7. The number of benzene rings is 1. The molecule has 1 aliphatic heterocycles. The maximum absolute atomic E-state index is 6.11. The highest BCUT2D eigenvalue weighted by molar-refractivity contribution is 5.30. The molecule has 0 aromatic heterocycles. The van der Waals surface area contributed by atoms with Crippen molar-refractivity contribution in [3.05, 3.63) is 35.4 Å². The van der Waals surface area contributed by atoms with E-state index in [1.54, 1.807) is 7.11 Å². The Morgan fingerprint density at radius 2 is 1.90 bits per heavy atom. The van der Waals surface area contributed by atoms with Crippen LogP contribution >= 0.6 is 0 Å². The predicted molar refractivity (Wildman–Crippen MR) is 85.1 cm³/mol. The van der Waals surface area contributed by atoms with Crippen molar-refractivity contribution in [1.29, 1.82) is 0 Å². The first-order valence-corrected chi connectivity index (χ1v) is 8.08. The van der Waals surface area contributed by atoms with Crippen molar-refractivity contribution in [2.45, 2.75) is 31.5 Å². The molecule has 116 valence electrons. The summed E-state index contributed by atoms with van der Waals surface area (Å²) < 4.78 is 5.34. The first-order chi connectivity index (χ1) is 10.3. The first-order valence-electron chi connectivity index (χ1n) is 8.08. The van der Waals surface area contributed by atoms with Gasteiger partial charge in [0.2, 0.25) is 0 Å². The van der Waals surface area contributed by atoms with Crippen molar-refractivity contribution in [2.75, 3.05) is 39.8 Å². The van der Waals surface area contributed by atoms with Gasteiger partial charge in [-0.15, -0.1) is 0 Å². The van der Waals surface area contributed by atoms with E-state index >= 15 is 0 Å². The fourth-order valence-corrected chi connectivity index (χ4v) is 3.47. The van der Waals surface area contributed by atoms with Gasteiger partial charge in [-0.2, -0.15) is 0 Å². The Balaban J connectivity index is 1.70. The fraction of sp³-hybridized carbons (Fsp3) is 0.647. The molecular weight excluding hydrogens is 262 g/mol. The number of nitrogens with two attached hydrogens (primary N) is 1. The Morgan fingerprint density at radius 3 is 2.52 bits per heavy atom. The molecule has 1 atom stereocenters. The van der Waals surface area contributed by atoms with Gasteiger partial charge in [0, 0.05) is 51.9 Å². The molecule has 1 saturated heterocycles. The molecule has 1 saturated carbocycles. The van der Waals surface area contributed by atoms with Gasteiger partial charge in [-0.25, -0.2) is 0 Å². The highest BCUT2D eigenvalue weighted by Crippen LogP contribution is 2.30. The van der Waals surface area contributed by atoms with E-state index in [0.29, 0.717) is 19.2 Å². The monoisotopic (exact) mass is 289 g/mol. The Kier molecular flexibility index (Phi) is 4.91. The summed E-state index contributed by atoms with van der Waals surface area (Å²) in [5.41, 5.74) is 8.71. The van der Waals surface area contributed by atoms with Crippen LogP contribution in [-0.4, -0.2) is 55.7 Å². The summed E-state index contributed by atoms with van der Waals surface area (Å²) in [6.07, 6.45) is 2.80. The van der Waals surface area contributed by atoms with Gasteiger partial charge in [-0.3, -0.25) is 9.80 Å². The van der Waals surface area contributed by atoms with Crippen LogP contribution in [0, 0.1) is 0 Å². The highest BCUT2D eigenvalue weighted by atomic mass is 16.5. The molecule has 1 aliphatic carbocycles. The van der Waals surface area contributed by atoms with Crippen molar-refractivity contribution in [3.8, 4) is 0 Å². The second kappa shape index (κ2) is 6.88. The molecule has 1 heterocycles. The average molecular weight is 289 g/mol. The van der Waals surface area contributed by atoms with Crippen molar-refractivity contribution >= 4 is 0 Å². The van der Waals surface area contributed by atoms with Gasteiger partial charge in [0.1, 0.15) is 0 Å². The molecule has 4 nitrogen and oxygen atoms in total. The lowest BCUT2D eigenvalue weighted by Crippen LogP contribution is -2.49. The third kappa shape index (κ3) is 3.46. The van der Waals surface area contributed by atoms with Crippen LogP contribution in [0.1, 0.15) is 30.0 Å². The van der Waals surface area contributed by atoms with Gasteiger partial charge in [-0.05, 0) is 24.0 Å². The molecule has 0 spiro atoms. The minimum Gasteiger partial charge on any atom is -0.380 e. The van der Waals surface area contributed by atoms with Crippen LogP contribution in [0.3, 0.4) is 0 Å². The molecule has 3 rings (SSSR count). The highest BCUT2D eigenvalue weighted by Gasteiger charge is 2.33. The summed E-state index contributed by atoms with van der Waals surface area (Å²) in [6.45, 7) is 5.96. The van der Waals surface area contributed by atoms with Crippen LogP contribution in [-0.2, 0) is 11.3 Å². The standard InChI is InChI=1S/C17H27N3O/c1-21-13-14-4-2-3-5-16(14)17(12-18)20-10-8-19(9-11-20)15-6-7-15/h2-5,15,17H,6-13,18H2,1H3. The lowest BCUT2D eigenvalue weighted by Gasteiger charge is -2.39. The molecule has 0 radical (unpaired) electrons. The minimum atomic E-state index is 0.317. The minimum absolute atomic E-state index is 0.317. The molecule has 21 heavy (non-hydrogen) atoms. The molecule has 0 bridgehead atoms. The van der Waals surface area contributed by atoms with Crippen molar-refractivity contribution in [3.63, 3.8) is 0 Å². The van der Waals surface area contributed by atoms with Gasteiger partial charge in [0.05, 0.1) is 6.61 Å². The second-order valence-corrected chi connectivity index (χ2v) is 6.19. The van der Waals surface area contributed by atoms with E-state index < -0.39 is 0 Å². The number of hydrogen-bond acceptors (Lipinski definition) is 4. The summed E-state index contributed by atoms with van der Waals surface area (Å²) in [7, 11) is 1.75. The predicted octanol–water partition coefficient (Wildman–Crippen LogP) is 1.61. The van der Waals surface area contributed by atoms with E-state index in [-0.39, 0.29) is 0 Å². The Labute approximate surface area is 127 Å². The Morgan fingerprint density at radius 1 is 1.19 bits per heavy atom. The van der Waals surface area contributed by atoms with Crippen LogP contribution in [0.5, 0.6) is 0 Å². The normalized spacial score (nSPS) is 22.4. The number of rotatable bonds is 6. The largest absolute Gasteiger partial charge is 0.380 e. The smallest absolute Gasteiger partial charge is 0.0716 e. The van der Waals surface area contributed by atoms with Gasteiger partial charge in [0.15, 0.2) is 0 Å². The van der Waals surface area contributed by atoms with Gasteiger partial charge >= 0.3 is 0 Å². The molecular formula is C17H27N3O. The number of methoxy groups -OCH3 is 1. The summed E-state index contributed by atoms with van der Waals surface area (Å²) in [5, 5.41) is 0. The maximum atomic E-state index is 6.11. The van der Waals surface area contributed by atoms with E-state index in [4.69, 9.17) is 10.5 Å². The number of nitrogens with zero attached hydrogens (tertiary/aromatic N) is 2. The third-order valence-electron chi connectivity index (χ3n) is 4.79. The summed E-state index contributed by atoms with van der Waals surface area (Å²) in [5.74, 6) is 0. The molecule has 2 N–H and O–H groups in total. The molecule has 1 aromatic rings. The molecule has 1 aromatic carbocycles. The molecule has 1 unspecified atom stereocenters. The second-order valence-electron chi connectivity index (χ2n) is 6.19. The first kappa shape index (κ1) is 15.0. The van der Waals surface area contributed by atoms with Crippen LogP contribution in [0.25, 0.3) is 0 Å². The molecule has 2 fully saturated rings. The Hall–Kier alpha value is -0.940. The Bertz CT molecular complexity index is 453. The van der Waals surface area contributed by atoms with Crippen molar-refractivity contribution in [2.24, 2.45) is 5.73 Å². The summed E-state index contributed by atoms with van der Waals surface area (Å²) in [6, 6.07) is 9.75. The van der Waals surface area contributed by atoms with Crippen LogP contribution in [0.4, 0.5) is 0 Å². The van der Waals surface area contributed by atoms with E-state index in [2.05, 4.69) is 34.1 Å². The van der Waals surface area contributed by atoms with Gasteiger partial charge in [-0.1, -0.05) is 24.3 Å². The topological polar surface area (TPSA) is 41.7 Å². The van der Waals surface area contributed by atoms with Crippen LogP contribution < -0.4 is 5.73 Å². The lowest BCUT2D eigenvalue weighted by molar-refractivity contribution is 0.0923. The quantitative estimate of drug-likeness (QED) is 0.864. The van der Waals surface area contributed by atoms with Crippen molar-refractivity contribution < 1.29 is 4.74 Å². The van der Waals surface area contributed by atoms with Crippen molar-refractivity contribution in [1.82, 2.24) is 9.80 Å². The summed E-state index contributed by atoms with van der Waals surface area (Å²) in [4.78, 5) is 5.19.